The first-order chi connectivity index (χ1) is 14.4. The molecule has 0 spiro atoms. The van der Waals surface area contributed by atoms with E-state index in [-0.39, 0.29) is 17.9 Å². The van der Waals surface area contributed by atoms with Crippen LogP contribution in [0, 0.1) is 0 Å². The molecule has 2 N–H and O–H groups in total. The predicted molar refractivity (Wildman–Crippen MR) is 127 cm³/mol. The lowest BCUT2D eigenvalue weighted by atomic mass is 10.1. The van der Waals surface area contributed by atoms with E-state index in [2.05, 4.69) is 26.6 Å². The van der Waals surface area contributed by atoms with Crippen molar-refractivity contribution >= 4 is 39.5 Å². The smallest absolute Gasteiger partial charge is 0.253 e. The maximum Gasteiger partial charge on any atom is 0.253 e. The van der Waals surface area contributed by atoms with Gasteiger partial charge in [-0.15, -0.1) is 0 Å². The maximum absolute atomic E-state index is 12.8. The summed E-state index contributed by atoms with van der Waals surface area (Å²) in [7, 11) is 0. The van der Waals surface area contributed by atoms with E-state index in [1.807, 2.05) is 56.5 Å². The molecule has 0 aliphatic carbocycles. The van der Waals surface area contributed by atoms with Gasteiger partial charge in [0.2, 0.25) is 5.91 Å². The topological polar surface area (TPSA) is 67.4 Å². The van der Waals surface area contributed by atoms with Crippen molar-refractivity contribution in [3.8, 4) is 0 Å². The Labute approximate surface area is 191 Å². The van der Waals surface area contributed by atoms with Gasteiger partial charge in [0, 0.05) is 11.0 Å². The van der Waals surface area contributed by atoms with E-state index in [9.17, 15) is 9.59 Å². The maximum atomic E-state index is 12.8. The molecule has 0 bridgehead atoms. The Kier molecular flexibility index (Phi) is 10.4. The van der Waals surface area contributed by atoms with Gasteiger partial charge in [-0.1, -0.05) is 36.4 Å². The van der Waals surface area contributed by atoms with Crippen LogP contribution in [0.25, 0.3) is 0 Å². The number of hydrogen-bond acceptors (Lipinski definition) is 4. The number of carbonyl (C=O) groups is 2. The third kappa shape index (κ3) is 8.13. The van der Waals surface area contributed by atoms with Gasteiger partial charge in [0.1, 0.15) is 6.04 Å². The molecule has 1 atom stereocenters. The Morgan fingerprint density at radius 1 is 1.07 bits per heavy atom. The van der Waals surface area contributed by atoms with Crippen molar-refractivity contribution in [2.24, 2.45) is 0 Å². The van der Waals surface area contributed by atoms with E-state index in [0.29, 0.717) is 29.6 Å². The molecule has 5 nitrogen and oxygen atoms in total. The molecule has 0 saturated heterocycles. The van der Waals surface area contributed by atoms with E-state index in [1.54, 1.807) is 23.9 Å². The Morgan fingerprint density at radius 3 is 2.37 bits per heavy atom. The molecule has 0 saturated carbocycles. The summed E-state index contributed by atoms with van der Waals surface area (Å²) in [6.45, 7) is 4.99. The molecule has 1 unspecified atom stereocenters. The standard InChI is InChI=1S/C23H29BrN2O3S/c1-16(2)29-15-18-10-8-17(9-11-18)14-25-23(28)21(12-13-30-3)26-22(27)19-6-4-5-7-20(19)24/h4-11,16,21H,12-15H2,1-3H3,(H,25,28)(H,26,27). The van der Waals surface area contributed by atoms with Crippen molar-refractivity contribution in [3.05, 3.63) is 69.7 Å². The zero-order valence-electron chi connectivity index (χ0n) is 17.6. The average Bonchev–Trinajstić information content (AvgIpc) is 2.74. The Balaban J connectivity index is 1.94. The highest BCUT2D eigenvalue weighted by Crippen LogP contribution is 2.16. The van der Waals surface area contributed by atoms with E-state index < -0.39 is 6.04 Å². The van der Waals surface area contributed by atoms with Crippen LogP contribution in [0.3, 0.4) is 0 Å². The molecule has 0 radical (unpaired) electrons. The SMILES string of the molecule is CSCCC(NC(=O)c1ccccc1Br)C(=O)NCc1ccc(COC(C)C)cc1. The fraction of sp³-hybridized carbons (Fsp3) is 0.391. The number of carbonyl (C=O) groups excluding carboxylic acids is 2. The van der Waals surface area contributed by atoms with Crippen LogP contribution in [0.4, 0.5) is 0 Å². The first-order valence-electron chi connectivity index (χ1n) is 9.92. The number of nitrogens with one attached hydrogen (secondary N) is 2. The predicted octanol–water partition coefficient (Wildman–Crippen LogP) is 4.54. The largest absolute Gasteiger partial charge is 0.374 e. The Bertz CT molecular complexity index is 827. The van der Waals surface area contributed by atoms with Crippen LogP contribution < -0.4 is 10.6 Å². The van der Waals surface area contributed by atoms with Crippen molar-refractivity contribution in [2.75, 3.05) is 12.0 Å². The second-order valence-corrected chi connectivity index (χ2v) is 9.02. The minimum atomic E-state index is -0.587. The van der Waals surface area contributed by atoms with E-state index in [0.717, 1.165) is 16.9 Å². The van der Waals surface area contributed by atoms with Crippen molar-refractivity contribution in [2.45, 2.75) is 45.6 Å². The lowest BCUT2D eigenvalue weighted by molar-refractivity contribution is -0.123. The van der Waals surface area contributed by atoms with Gasteiger partial charge in [-0.3, -0.25) is 9.59 Å². The second-order valence-electron chi connectivity index (χ2n) is 7.18. The normalized spacial score (nSPS) is 11.9. The number of amides is 2. The summed E-state index contributed by atoms with van der Waals surface area (Å²) in [5.74, 6) is 0.327. The monoisotopic (exact) mass is 492 g/mol. The minimum absolute atomic E-state index is 0.184. The van der Waals surface area contributed by atoms with Gasteiger partial charge in [-0.05, 0) is 71.5 Å². The van der Waals surface area contributed by atoms with Crippen LogP contribution in [-0.2, 0) is 22.7 Å². The first kappa shape index (κ1) is 24.4. The van der Waals surface area contributed by atoms with Crippen molar-refractivity contribution in [1.29, 1.82) is 0 Å². The number of benzene rings is 2. The first-order valence-corrected chi connectivity index (χ1v) is 12.1. The van der Waals surface area contributed by atoms with Gasteiger partial charge in [0.15, 0.2) is 0 Å². The number of hydrogen-bond donors (Lipinski definition) is 2. The fourth-order valence-corrected chi connectivity index (χ4v) is 3.65. The molecule has 2 rings (SSSR count). The molecule has 0 aliphatic rings. The molecule has 2 aromatic rings. The Morgan fingerprint density at radius 2 is 1.73 bits per heavy atom. The lowest BCUT2D eigenvalue weighted by Gasteiger charge is -2.19. The van der Waals surface area contributed by atoms with Crippen LogP contribution >= 0.6 is 27.7 Å². The zero-order valence-corrected chi connectivity index (χ0v) is 20.0. The minimum Gasteiger partial charge on any atom is -0.374 e. The molecule has 7 heteroatoms. The molecule has 2 amide bonds. The fourth-order valence-electron chi connectivity index (χ4n) is 2.71. The molecule has 0 fully saturated rings. The van der Waals surface area contributed by atoms with Gasteiger partial charge in [-0.25, -0.2) is 0 Å². The summed E-state index contributed by atoms with van der Waals surface area (Å²) in [6.07, 6.45) is 2.73. The summed E-state index contributed by atoms with van der Waals surface area (Å²) in [5, 5.41) is 5.81. The number of thioether (sulfide) groups is 1. The van der Waals surface area contributed by atoms with Gasteiger partial charge in [-0.2, -0.15) is 11.8 Å². The number of rotatable bonds is 11. The second kappa shape index (κ2) is 12.8. The van der Waals surface area contributed by atoms with Gasteiger partial charge >= 0.3 is 0 Å². The van der Waals surface area contributed by atoms with E-state index in [4.69, 9.17) is 4.74 Å². The summed E-state index contributed by atoms with van der Waals surface area (Å²) in [6, 6.07) is 14.6. The molecular formula is C23H29BrN2O3S. The highest BCUT2D eigenvalue weighted by atomic mass is 79.9. The van der Waals surface area contributed by atoms with Gasteiger partial charge in [0.05, 0.1) is 18.3 Å². The zero-order chi connectivity index (χ0) is 21.9. The van der Waals surface area contributed by atoms with Crippen LogP contribution in [0.15, 0.2) is 53.0 Å². The third-order valence-corrected chi connectivity index (χ3v) is 5.76. The number of ether oxygens (including phenoxy) is 1. The number of halogens is 1. The van der Waals surface area contributed by atoms with E-state index in [1.165, 1.54) is 0 Å². The van der Waals surface area contributed by atoms with Gasteiger partial charge < -0.3 is 15.4 Å². The van der Waals surface area contributed by atoms with Crippen molar-refractivity contribution < 1.29 is 14.3 Å². The molecular weight excluding hydrogens is 464 g/mol. The highest BCUT2D eigenvalue weighted by molar-refractivity contribution is 9.10. The Hall–Kier alpha value is -1.83. The summed E-state index contributed by atoms with van der Waals surface area (Å²) < 4.78 is 6.30. The van der Waals surface area contributed by atoms with Crippen LogP contribution in [0.5, 0.6) is 0 Å². The molecule has 0 aromatic heterocycles. The van der Waals surface area contributed by atoms with Crippen molar-refractivity contribution in [1.82, 2.24) is 10.6 Å². The van der Waals surface area contributed by atoms with E-state index >= 15 is 0 Å². The molecule has 162 valence electrons. The molecule has 30 heavy (non-hydrogen) atoms. The van der Waals surface area contributed by atoms with Crippen LogP contribution in [-0.4, -0.2) is 36.0 Å². The molecule has 0 heterocycles. The molecule has 0 aliphatic heterocycles. The van der Waals surface area contributed by atoms with Crippen LogP contribution in [0.2, 0.25) is 0 Å². The highest BCUT2D eigenvalue weighted by Gasteiger charge is 2.21. The van der Waals surface area contributed by atoms with Gasteiger partial charge in [0.25, 0.3) is 5.91 Å². The van der Waals surface area contributed by atoms with Crippen molar-refractivity contribution in [3.63, 3.8) is 0 Å². The quantitative estimate of drug-likeness (QED) is 0.483. The summed E-state index contributed by atoms with van der Waals surface area (Å²) >= 11 is 5.03. The van der Waals surface area contributed by atoms with Crippen LogP contribution in [0.1, 0.15) is 41.8 Å². The summed E-state index contributed by atoms with van der Waals surface area (Å²) in [5.41, 5.74) is 2.60. The molecule has 2 aromatic carbocycles. The summed E-state index contributed by atoms with van der Waals surface area (Å²) in [4.78, 5) is 25.4. The third-order valence-electron chi connectivity index (χ3n) is 4.42. The lowest BCUT2D eigenvalue weighted by Crippen LogP contribution is -2.47. The average molecular weight is 493 g/mol.